The lowest BCUT2D eigenvalue weighted by Crippen LogP contribution is -2.19. The maximum absolute atomic E-state index is 13.5. The van der Waals surface area contributed by atoms with Crippen molar-refractivity contribution in [1.82, 2.24) is 5.32 Å². The van der Waals surface area contributed by atoms with Gasteiger partial charge in [0.25, 0.3) is 5.91 Å². The van der Waals surface area contributed by atoms with Crippen LogP contribution in [0.2, 0.25) is 0 Å². The molecule has 3 heteroatoms. The Morgan fingerprint density at radius 2 is 2.13 bits per heavy atom. The highest BCUT2D eigenvalue weighted by atomic mass is 19.1. The normalized spacial score (nSPS) is 10.5. The van der Waals surface area contributed by atoms with Gasteiger partial charge in [-0.25, -0.2) is 4.39 Å². The molecule has 0 aliphatic heterocycles. The molecule has 1 N–H and O–H groups in total. The zero-order chi connectivity index (χ0) is 11.4. The van der Waals surface area contributed by atoms with Crippen molar-refractivity contribution in [2.75, 3.05) is 7.05 Å². The highest BCUT2D eigenvalue weighted by Crippen LogP contribution is 2.13. The van der Waals surface area contributed by atoms with Gasteiger partial charge in [0.2, 0.25) is 0 Å². The van der Waals surface area contributed by atoms with Crippen LogP contribution in [0.5, 0.6) is 0 Å². The highest BCUT2D eigenvalue weighted by molar-refractivity contribution is 5.94. The van der Waals surface area contributed by atoms with Gasteiger partial charge in [-0.2, -0.15) is 0 Å². The third kappa shape index (κ3) is 3.05. The van der Waals surface area contributed by atoms with Gasteiger partial charge in [-0.15, -0.1) is 0 Å². The standard InChI is InChI=1S/C12H16FNO/c1-8(2)6-9-4-5-10(11(13)7-9)12(15)14-3/h4-5,7-8H,6H2,1-3H3,(H,14,15). The average molecular weight is 209 g/mol. The third-order valence-electron chi connectivity index (χ3n) is 2.15. The Bertz CT molecular complexity index is 361. The second-order valence-electron chi connectivity index (χ2n) is 3.99. The Morgan fingerprint density at radius 1 is 1.47 bits per heavy atom. The van der Waals surface area contributed by atoms with E-state index in [4.69, 9.17) is 0 Å². The lowest BCUT2D eigenvalue weighted by atomic mass is 10.0. The molecule has 0 fully saturated rings. The fourth-order valence-electron chi connectivity index (χ4n) is 1.48. The molecule has 0 saturated heterocycles. The van der Waals surface area contributed by atoms with E-state index in [1.54, 1.807) is 6.07 Å². The van der Waals surface area contributed by atoms with E-state index in [-0.39, 0.29) is 11.5 Å². The monoisotopic (exact) mass is 209 g/mol. The summed E-state index contributed by atoms with van der Waals surface area (Å²) < 4.78 is 13.5. The van der Waals surface area contributed by atoms with Crippen molar-refractivity contribution in [3.8, 4) is 0 Å². The van der Waals surface area contributed by atoms with Crippen LogP contribution in [0.15, 0.2) is 18.2 Å². The molecule has 1 aromatic carbocycles. The zero-order valence-electron chi connectivity index (χ0n) is 9.30. The summed E-state index contributed by atoms with van der Waals surface area (Å²) in [6, 6.07) is 4.77. The van der Waals surface area contributed by atoms with Gasteiger partial charge in [0.15, 0.2) is 0 Å². The molecule has 15 heavy (non-hydrogen) atoms. The molecule has 0 radical (unpaired) electrons. The summed E-state index contributed by atoms with van der Waals surface area (Å²) in [7, 11) is 1.49. The molecule has 0 bridgehead atoms. The van der Waals surface area contributed by atoms with Crippen LogP contribution in [0.4, 0.5) is 4.39 Å². The predicted molar refractivity (Wildman–Crippen MR) is 58.3 cm³/mol. The first kappa shape index (κ1) is 11.7. The first-order valence-electron chi connectivity index (χ1n) is 5.05. The third-order valence-corrected chi connectivity index (χ3v) is 2.15. The average Bonchev–Trinajstić information content (AvgIpc) is 2.16. The molecule has 0 aliphatic carbocycles. The van der Waals surface area contributed by atoms with Crippen LogP contribution in [0.1, 0.15) is 29.8 Å². The molecule has 0 saturated carbocycles. The molecule has 0 spiro atoms. The van der Waals surface area contributed by atoms with E-state index in [0.717, 1.165) is 12.0 Å². The number of amides is 1. The molecule has 1 aromatic rings. The van der Waals surface area contributed by atoms with E-state index in [1.807, 2.05) is 0 Å². The Hall–Kier alpha value is -1.38. The van der Waals surface area contributed by atoms with Crippen LogP contribution in [0, 0.1) is 11.7 Å². The first-order chi connectivity index (χ1) is 7.04. The Labute approximate surface area is 89.5 Å². The van der Waals surface area contributed by atoms with Crippen LogP contribution in [-0.2, 0) is 6.42 Å². The summed E-state index contributed by atoms with van der Waals surface area (Å²) in [6.45, 7) is 4.15. The van der Waals surface area contributed by atoms with E-state index in [0.29, 0.717) is 5.92 Å². The largest absolute Gasteiger partial charge is 0.355 e. The number of nitrogens with one attached hydrogen (secondary N) is 1. The summed E-state index contributed by atoms with van der Waals surface area (Å²) in [5.74, 6) is -0.355. The minimum absolute atomic E-state index is 0.102. The van der Waals surface area contributed by atoms with Crippen LogP contribution in [0.25, 0.3) is 0 Å². The van der Waals surface area contributed by atoms with Gasteiger partial charge in [0, 0.05) is 7.05 Å². The van der Waals surface area contributed by atoms with Gasteiger partial charge >= 0.3 is 0 Å². The van der Waals surface area contributed by atoms with E-state index in [2.05, 4.69) is 19.2 Å². The van der Waals surface area contributed by atoms with Crippen molar-refractivity contribution >= 4 is 5.91 Å². The lowest BCUT2D eigenvalue weighted by molar-refractivity contribution is 0.0959. The predicted octanol–water partition coefficient (Wildman–Crippen LogP) is 2.38. The molecule has 1 rings (SSSR count). The Morgan fingerprint density at radius 3 is 2.60 bits per heavy atom. The van der Waals surface area contributed by atoms with Gasteiger partial charge in [-0.3, -0.25) is 4.79 Å². The summed E-state index contributed by atoms with van der Waals surface area (Å²) >= 11 is 0. The van der Waals surface area contributed by atoms with Gasteiger partial charge in [0.05, 0.1) is 5.56 Å². The highest BCUT2D eigenvalue weighted by Gasteiger charge is 2.10. The van der Waals surface area contributed by atoms with Crippen molar-refractivity contribution in [3.05, 3.63) is 35.1 Å². The maximum Gasteiger partial charge on any atom is 0.253 e. The molecular weight excluding hydrogens is 193 g/mol. The van der Waals surface area contributed by atoms with Crippen LogP contribution in [0.3, 0.4) is 0 Å². The smallest absolute Gasteiger partial charge is 0.253 e. The van der Waals surface area contributed by atoms with Crippen molar-refractivity contribution < 1.29 is 9.18 Å². The number of hydrogen-bond donors (Lipinski definition) is 1. The zero-order valence-corrected chi connectivity index (χ0v) is 9.30. The summed E-state index contributed by atoms with van der Waals surface area (Å²) in [6.07, 6.45) is 0.824. The van der Waals surface area contributed by atoms with Crippen molar-refractivity contribution in [1.29, 1.82) is 0 Å². The molecule has 1 amide bonds. The number of benzene rings is 1. The minimum Gasteiger partial charge on any atom is -0.355 e. The number of halogens is 1. The minimum atomic E-state index is -0.451. The lowest BCUT2D eigenvalue weighted by Gasteiger charge is -2.07. The molecule has 0 heterocycles. The molecule has 0 aromatic heterocycles. The van der Waals surface area contributed by atoms with Crippen LogP contribution in [-0.4, -0.2) is 13.0 Å². The fraction of sp³-hybridized carbons (Fsp3) is 0.417. The van der Waals surface area contributed by atoms with Crippen LogP contribution < -0.4 is 5.32 Å². The summed E-state index contributed by atoms with van der Waals surface area (Å²) in [4.78, 5) is 11.2. The second-order valence-corrected chi connectivity index (χ2v) is 3.99. The van der Waals surface area contributed by atoms with E-state index in [9.17, 15) is 9.18 Å². The Balaban J connectivity index is 2.93. The number of carbonyl (C=O) groups excluding carboxylic acids is 1. The topological polar surface area (TPSA) is 29.1 Å². The van der Waals surface area contributed by atoms with Crippen molar-refractivity contribution in [2.45, 2.75) is 20.3 Å². The van der Waals surface area contributed by atoms with Gasteiger partial charge < -0.3 is 5.32 Å². The fourth-order valence-corrected chi connectivity index (χ4v) is 1.48. The van der Waals surface area contributed by atoms with E-state index < -0.39 is 5.82 Å². The van der Waals surface area contributed by atoms with Crippen molar-refractivity contribution in [3.63, 3.8) is 0 Å². The summed E-state index contributed by atoms with van der Waals surface area (Å²) in [5, 5.41) is 2.40. The Kier molecular flexibility index (Phi) is 3.83. The quantitative estimate of drug-likeness (QED) is 0.813. The number of rotatable bonds is 3. The van der Waals surface area contributed by atoms with Crippen LogP contribution >= 0.6 is 0 Å². The molecule has 0 aliphatic rings. The van der Waals surface area contributed by atoms with Crippen molar-refractivity contribution in [2.24, 2.45) is 5.92 Å². The molecule has 82 valence electrons. The van der Waals surface area contributed by atoms with E-state index >= 15 is 0 Å². The molecular formula is C12H16FNO. The van der Waals surface area contributed by atoms with Gasteiger partial charge in [-0.1, -0.05) is 19.9 Å². The number of hydrogen-bond acceptors (Lipinski definition) is 1. The number of carbonyl (C=O) groups is 1. The SMILES string of the molecule is CNC(=O)c1ccc(CC(C)C)cc1F. The first-order valence-corrected chi connectivity index (χ1v) is 5.05. The van der Waals surface area contributed by atoms with Gasteiger partial charge in [-0.05, 0) is 30.0 Å². The van der Waals surface area contributed by atoms with E-state index in [1.165, 1.54) is 19.2 Å². The molecule has 0 atom stereocenters. The maximum atomic E-state index is 13.5. The summed E-state index contributed by atoms with van der Waals surface area (Å²) in [5.41, 5.74) is 1.03. The molecule has 2 nitrogen and oxygen atoms in total. The van der Waals surface area contributed by atoms with Gasteiger partial charge in [0.1, 0.15) is 5.82 Å². The second kappa shape index (κ2) is 4.91. The molecule has 0 unspecified atom stereocenters.